The molecule has 0 radical (unpaired) electrons. The molecule has 0 spiro atoms. The quantitative estimate of drug-likeness (QED) is 0.830. The van der Waals surface area contributed by atoms with Crippen LogP contribution in [-0.4, -0.2) is 45.4 Å². The summed E-state index contributed by atoms with van der Waals surface area (Å²) in [6.07, 6.45) is 8.23. The van der Waals surface area contributed by atoms with E-state index in [0.29, 0.717) is 18.7 Å². The van der Waals surface area contributed by atoms with Crippen LogP contribution in [0.4, 0.5) is 0 Å². The van der Waals surface area contributed by atoms with E-state index in [0.717, 1.165) is 18.6 Å². The van der Waals surface area contributed by atoms with Crippen molar-refractivity contribution in [3.63, 3.8) is 0 Å². The van der Waals surface area contributed by atoms with Gasteiger partial charge in [0.15, 0.2) is 5.03 Å². The van der Waals surface area contributed by atoms with Crippen LogP contribution in [0.1, 0.15) is 31.5 Å². The van der Waals surface area contributed by atoms with Gasteiger partial charge in [-0.3, -0.25) is 4.98 Å². The van der Waals surface area contributed by atoms with Gasteiger partial charge in [-0.05, 0) is 31.9 Å². The van der Waals surface area contributed by atoms with Crippen LogP contribution < -0.4 is 4.74 Å². The van der Waals surface area contributed by atoms with E-state index in [-0.39, 0.29) is 23.2 Å². The highest BCUT2D eigenvalue weighted by Crippen LogP contribution is 2.40. The number of rotatable bonds is 4. The summed E-state index contributed by atoms with van der Waals surface area (Å²) in [5.74, 6) is 1.48. The van der Waals surface area contributed by atoms with Gasteiger partial charge in [-0.1, -0.05) is 0 Å². The number of sulfonamides is 1. The van der Waals surface area contributed by atoms with Gasteiger partial charge in [0, 0.05) is 50.6 Å². The summed E-state index contributed by atoms with van der Waals surface area (Å²) in [7, 11) is -1.75. The van der Waals surface area contributed by atoms with Gasteiger partial charge in [-0.25, -0.2) is 13.4 Å². The average Bonchev–Trinajstić information content (AvgIpc) is 3.07. The van der Waals surface area contributed by atoms with Crippen LogP contribution in [0.15, 0.2) is 35.7 Å². The third-order valence-corrected chi connectivity index (χ3v) is 7.08. The lowest BCUT2D eigenvalue weighted by Gasteiger charge is -2.37. The van der Waals surface area contributed by atoms with E-state index < -0.39 is 10.0 Å². The summed E-state index contributed by atoms with van der Waals surface area (Å²) in [5.41, 5.74) is 0. The lowest BCUT2D eigenvalue weighted by molar-refractivity contribution is 0.0954. The first-order valence-corrected chi connectivity index (χ1v) is 9.99. The fraction of sp³-hybridized carbons (Fsp3) is 0.529. The van der Waals surface area contributed by atoms with Crippen molar-refractivity contribution in [2.24, 2.45) is 7.05 Å². The first-order chi connectivity index (χ1) is 11.9. The van der Waals surface area contributed by atoms with Gasteiger partial charge in [0.1, 0.15) is 17.7 Å². The Morgan fingerprint density at radius 3 is 2.36 bits per heavy atom. The van der Waals surface area contributed by atoms with Gasteiger partial charge in [0.2, 0.25) is 0 Å². The maximum atomic E-state index is 13.1. The van der Waals surface area contributed by atoms with Crippen molar-refractivity contribution in [2.45, 2.75) is 55.8 Å². The molecular formula is C17H22N4O3S. The predicted molar refractivity (Wildman–Crippen MR) is 91.7 cm³/mol. The Morgan fingerprint density at radius 1 is 1.16 bits per heavy atom. The van der Waals surface area contributed by atoms with E-state index >= 15 is 0 Å². The van der Waals surface area contributed by atoms with E-state index in [4.69, 9.17) is 4.74 Å². The van der Waals surface area contributed by atoms with Crippen molar-refractivity contribution in [3.05, 3.63) is 36.5 Å². The van der Waals surface area contributed by atoms with Crippen molar-refractivity contribution in [1.82, 2.24) is 18.8 Å². The molecule has 2 fully saturated rings. The number of hydrogen-bond acceptors (Lipinski definition) is 5. The summed E-state index contributed by atoms with van der Waals surface area (Å²) in [6.45, 7) is 1.81. The molecule has 2 atom stereocenters. The molecule has 2 aliphatic heterocycles. The Balaban J connectivity index is 1.54. The van der Waals surface area contributed by atoms with E-state index in [1.807, 2.05) is 26.1 Å². The summed E-state index contributed by atoms with van der Waals surface area (Å²) in [5, 5.41) is 0.151. The van der Waals surface area contributed by atoms with Crippen LogP contribution in [0.5, 0.6) is 5.75 Å². The number of fused-ring (bicyclic) bond motifs is 2. The smallest absolute Gasteiger partial charge is 0.262 e. The molecule has 25 heavy (non-hydrogen) atoms. The van der Waals surface area contributed by atoms with Crippen LogP contribution >= 0.6 is 0 Å². The van der Waals surface area contributed by atoms with Crippen molar-refractivity contribution >= 4 is 10.0 Å². The minimum absolute atomic E-state index is 0.0158. The molecule has 4 rings (SSSR count). The minimum Gasteiger partial charge on any atom is -0.490 e. The van der Waals surface area contributed by atoms with Crippen molar-refractivity contribution in [3.8, 4) is 5.75 Å². The lowest BCUT2D eigenvalue weighted by Crippen LogP contribution is -2.49. The highest BCUT2D eigenvalue weighted by atomic mass is 32.2. The maximum Gasteiger partial charge on any atom is 0.262 e. The van der Waals surface area contributed by atoms with Crippen molar-refractivity contribution < 1.29 is 13.2 Å². The van der Waals surface area contributed by atoms with E-state index in [1.165, 1.54) is 0 Å². The zero-order valence-corrected chi connectivity index (χ0v) is 15.2. The first-order valence-electron chi connectivity index (χ1n) is 8.55. The van der Waals surface area contributed by atoms with Gasteiger partial charge in [-0.2, -0.15) is 4.31 Å². The molecule has 0 aromatic carbocycles. The molecule has 2 aromatic heterocycles. The molecule has 2 aromatic rings. The van der Waals surface area contributed by atoms with E-state index in [1.54, 1.807) is 27.5 Å². The lowest BCUT2D eigenvalue weighted by atomic mass is 10.0. The molecule has 7 nitrogen and oxygen atoms in total. The van der Waals surface area contributed by atoms with Gasteiger partial charge in [0.05, 0.1) is 0 Å². The summed E-state index contributed by atoms with van der Waals surface area (Å²) >= 11 is 0. The predicted octanol–water partition coefficient (Wildman–Crippen LogP) is 1.89. The zero-order chi connectivity index (χ0) is 17.6. The molecule has 0 aliphatic carbocycles. The van der Waals surface area contributed by atoms with Crippen LogP contribution in [0.2, 0.25) is 0 Å². The molecule has 0 saturated carbocycles. The van der Waals surface area contributed by atoms with E-state index in [2.05, 4.69) is 9.97 Å². The second kappa shape index (κ2) is 6.10. The highest BCUT2D eigenvalue weighted by molar-refractivity contribution is 7.89. The number of nitrogens with zero attached hydrogens (tertiary/aromatic N) is 4. The minimum atomic E-state index is -3.56. The molecule has 2 unspecified atom stereocenters. The van der Waals surface area contributed by atoms with Crippen LogP contribution in [0.3, 0.4) is 0 Å². The molecular weight excluding hydrogens is 340 g/mol. The maximum absolute atomic E-state index is 13.1. The Hall–Kier alpha value is -1.93. The van der Waals surface area contributed by atoms with E-state index in [9.17, 15) is 8.42 Å². The fourth-order valence-corrected chi connectivity index (χ4v) is 5.86. The Labute approximate surface area is 147 Å². The second-order valence-electron chi connectivity index (χ2n) is 6.85. The number of hydrogen-bond donors (Lipinski definition) is 0. The van der Waals surface area contributed by atoms with Gasteiger partial charge >= 0.3 is 0 Å². The number of aromatic nitrogens is 3. The van der Waals surface area contributed by atoms with Crippen LogP contribution in [-0.2, 0) is 17.1 Å². The van der Waals surface area contributed by atoms with Gasteiger partial charge < -0.3 is 9.30 Å². The Bertz CT molecular complexity index is 832. The molecule has 2 bridgehead atoms. The Kier molecular flexibility index (Phi) is 4.04. The summed E-state index contributed by atoms with van der Waals surface area (Å²) in [4.78, 5) is 8.23. The number of imidazole rings is 1. The average molecular weight is 362 g/mol. The monoisotopic (exact) mass is 362 g/mol. The normalized spacial score (nSPS) is 26.7. The molecule has 8 heteroatoms. The molecule has 134 valence electrons. The van der Waals surface area contributed by atoms with Crippen molar-refractivity contribution in [2.75, 3.05) is 0 Å². The molecule has 2 aliphatic rings. The van der Waals surface area contributed by atoms with Crippen molar-refractivity contribution in [1.29, 1.82) is 0 Å². The number of aryl methyl sites for hydroxylation is 2. The summed E-state index contributed by atoms with van der Waals surface area (Å²) in [6, 6.07) is 3.64. The van der Waals surface area contributed by atoms with Gasteiger partial charge in [-0.15, -0.1) is 0 Å². The van der Waals surface area contributed by atoms with Gasteiger partial charge in [0.25, 0.3) is 10.0 Å². The number of piperidine rings is 1. The molecule has 0 amide bonds. The number of pyridine rings is 1. The molecule has 2 saturated heterocycles. The summed E-state index contributed by atoms with van der Waals surface area (Å²) < 4.78 is 35.6. The number of ether oxygens (including phenoxy) is 1. The topological polar surface area (TPSA) is 77.3 Å². The third kappa shape index (κ3) is 2.93. The first kappa shape index (κ1) is 16.5. The highest BCUT2D eigenvalue weighted by Gasteiger charge is 2.48. The van der Waals surface area contributed by atoms with Crippen LogP contribution in [0.25, 0.3) is 0 Å². The molecule has 0 N–H and O–H groups in total. The molecule has 4 heterocycles. The largest absolute Gasteiger partial charge is 0.490 e. The Morgan fingerprint density at radius 2 is 1.80 bits per heavy atom. The standard InChI is InChI=1S/C17H22N4O3S/c1-12-19-17(11-20(12)2)25(22,23)21-13-3-4-14(21)10-16(9-13)24-15-5-7-18-8-6-15/h5-8,11,13-14,16H,3-4,9-10H2,1-2H3. The third-order valence-electron chi connectivity index (χ3n) is 5.20. The SMILES string of the molecule is Cc1nc(S(=O)(=O)N2C3CCC2CC(Oc2ccncc2)C3)cn1C. The fourth-order valence-electron chi connectivity index (χ4n) is 3.94. The van der Waals surface area contributed by atoms with Crippen LogP contribution in [0, 0.1) is 6.92 Å². The zero-order valence-electron chi connectivity index (χ0n) is 14.4. The second-order valence-corrected chi connectivity index (χ2v) is 8.64.